The van der Waals surface area contributed by atoms with Crippen LogP contribution in [-0.2, 0) is 33.9 Å². The molecular formula is C31H41N4O8+. The molecule has 1 fully saturated rings. The molecule has 3 atom stereocenters. The Kier molecular flexibility index (Phi) is 10.2. The summed E-state index contributed by atoms with van der Waals surface area (Å²) in [7, 11) is 1.54. The van der Waals surface area contributed by atoms with Crippen molar-refractivity contribution in [1.29, 1.82) is 0 Å². The van der Waals surface area contributed by atoms with Crippen LogP contribution in [0.1, 0.15) is 62.8 Å². The molecule has 12 heteroatoms. The number of aliphatic hydroxyl groups is 3. The molecule has 1 aromatic heterocycles. The summed E-state index contributed by atoms with van der Waals surface area (Å²) >= 11 is 0. The summed E-state index contributed by atoms with van der Waals surface area (Å²) in [6.07, 6.45) is 3.32. The first-order valence-corrected chi connectivity index (χ1v) is 14.3. The molecule has 232 valence electrons. The van der Waals surface area contributed by atoms with Gasteiger partial charge < -0.3 is 37.2 Å². The van der Waals surface area contributed by atoms with Crippen molar-refractivity contribution in [1.82, 2.24) is 5.32 Å². The lowest BCUT2D eigenvalue weighted by molar-refractivity contribution is -0.885. The highest BCUT2D eigenvalue weighted by Crippen LogP contribution is 2.53. The molecule has 0 aliphatic heterocycles. The normalized spacial score (nSPS) is 22.3. The second kappa shape index (κ2) is 13.3. The van der Waals surface area contributed by atoms with Gasteiger partial charge in [0.1, 0.15) is 30.0 Å². The molecule has 3 aliphatic carbocycles. The molecule has 1 saturated carbocycles. The predicted octanol–water partition coefficient (Wildman–Crippen LogP) is 1.69. The SMILES string of the molecule is CC.CC.CO[n+]1ccc(CNCc2cc(N)c3c(c2O)C(O)=C2C(=O)[C@]4(O)C(O)=C(C(N)=O)C(=O)C[C@@H]4CC2C3)cc1. The largest absolute Gasteiger partial charge is 0.508 e. The van der Waals surface area contributed by atoms with Crippen LogP contribution in [0.15, 0.2) is 47.5 Å². The van der Waals surface area contributed by atoms with Crippen LogP contribution < -0.4 is 26.4 Å². The molecule has 3 aliphatic rings. The number of nitrogens with zero attached hydrogens (tertiary/aromatic N) is 1. The van der Waals surface area contributed by atoms with E-state index in [-0.39, 0.29) is 42.7 Å². The number of phenolic OH excluding ortho intramolecular Hbond substituents is 1. The zero-order chi connectivity index (χ0) is 32.2. The number of aromatic nitrogens is 1. The van der Waals surface area contributed by atoms with Gasteiger partial charge in [0.2, 0.25) is 18.2 Å². The van der Waals surface area contributed by atoms with E-state index in [4.69, 9.17) is 16.3 Å². The van der Waals surface area contributed by atoms with Crippen molar-refractivity contribution in [3.05, 3.63) is 69.8 Å². The molecule has 1 heterocycles. The highest BCUT2D eigenvalue weighted by atomic mass is 16.6. The number of benzene rings is 1. The number of Topliss-reactive ketones (excluding diaryl/α,β-unsaturated/α-hetero) is 2. The van der Waals surface area contributed by atoms with Crippen LogP contribution in [0.4, 0.5) is 5.69 Å². The van der Waals surface area contributed by atoms with E-state index in [1.54, 1.807) is 25.6 Å². The molecular weight excluding hydrogens is 556 g/mol. The molecule has 0 spiro atoms. The quantitative estimate of drug-likeness (QED) is 0.111. The summed E-state index contributed by atoms with van der Waals surface area (Å²) in [5.41, 5.74) is 9.94. The summed E-state index contributed by atoms with van der Waals surface area (Å²) in [6.45, 7) is 8.64. The highest BCUT2D eigenvalue weighted by molar-refractivity contribution is 6.22. The van der Waals surface area contributed by atoms with Crippen LogP contribution in [-0.4, -0.2) is 50.6 Å². The number of hydrogen-bond acceptors (Lipinski definition) is 10. The van der Waals surface area contributed by atoms with Gasteiger partial charge in [-0.2, -0.15) is 0 Å². The molecule has 2 aromatic rings. The monoisotopic (exact) mass is 597 g/mol. The molecule has 12 nitrogen and oxygen atoms in total. The van der Waals surface area contributed by atoms with Crippen molar-refractivity contribution >= 4 is 28.9 Å². The summed E-state index contributed by atoms with van der Waals surface area (Å²) in [5.74, 6) is -6.69. The van der Waals surface area contributed by atoms with Crippen LogP contribution in [0, 0.1) is 11.8 Å². The first-order chi connectivity index (χ1) is 20.5. The maximum absolute atomic E-state index is 13.6. The smallest absolute Gasteiger partial charge is 0.255 e. The number of pyridine rings is 1. The van der Waals surface area contributed by atoms with Gasteiger partial charge in [-0.15, -0.1) is 0 Å². The Labute approximate surface area is 250 Å². The fourth-order valence-corrected chi connectivity index (χ4v) is 5.94. The summed E-state index contributed by atoms with van der Waals surface area (Å²) in [5, 5.41) is 47.6. The third kappa shape index (κ3) is 5.67. The van der Waals surface area contributed by atoms with Crippen molar-refractivity contribution in [3.63, 3.8) is 0 Å². The van der Waals surface area contributed by atoms with Gasteiger partial charge in [-0.25, -0.2) is 0 Å². The van der Waals surface area contributed by atoms with Crippen molar-refractivity contribution in [2.75, 3.05) is 12.8 Å². The lowest BCUT2D eigenvalue weighted by Gasteiger charge is -2.46. The fraction of sp³-hybridized carbons (Fsp3) is 0.419. The minimum atomic E-state index is -2.60. The Balaban J connectivity index is 0.00000121. The van der Waals surface area contributed by atoms with Gasteiger partial charge in [0.25, 0.3) is 5.91 Å². The number of aromatic hydroxyl groups is 1. The van der Waals surface area contributed by atoms with E-state index in [1.165, 1.54) is 4.73 Å². The van der Waals surface area contributed by atoms with Crippen LogP contribution in [0.2, 0.25) is 0 Å². The molecule has 0 saturated heterocycles. The van der Waals surface area contributed by atoms with Crippen molar-refractivity contribution in [3.8, 4) is 5.75 Å². The minimum absolute atomic E-state index is 0.0280. The van der Waals surface area contributed by atoms with Crippen molar-refractivity contribution in [2.24, 2.45) is 17.6 Å². The lowest BCUT2D eigenvalue weighted by atomic mass is 9.59. The number of hydrogen-bond donors (Lipinski definition) is 7. The zero-order valence-electron chi connectivity index (χ0n) is 25.1. The minimum Gasteiger partial charge on any atom is -0.508 e. The standard InChI is InChI=1S/C27H28N4O8.2C2H6/c1-39-31-4-2-12(3-5-31)10-30-11-14-8-17(28)16-7-13-6-15-9-18(32)21(26(29)37)25(36)27(15,38)24(35)19(13)23(34)20(16)22(14)33;2*1-2/h2-5,8,13,15,30,38H,6-7,9-11,28H2,1H3,(H4-,29,32,33,34,35,36,37);2*1-2H3/p+1/t13?,15-,27-;;/m0../s1. The number of nitrogens with two attached hydrogens (primary N) is 2. The maximum Gasteiger partial charge on any atom is 0.255 e. The average Bonchev–Trinajstić information content (AvgIpc) is 2.99. The van der Waals surface area contributed by atoms with Gasteiger partial charge in [-0.1, -0.05) is 27.7 Å². The van der Waals surface area contributed by atoms with Crippen molar-refractivity contribution < 1.29 is 44.4 Å². The van der Waals surface area contributed by atoms with Gasteiger partial charge >= 0.3 is 0 Å². The molecule has 0 radical (unpaired) electrons. The van der Waals surface area contributed by atoms with E-state index in [0.717, 1.165) is 5.56 Å². The van der Waals surface area contributed by atoms with Crippen LogP contribution in [0.3, 0.4) is 0 Å². The number of anilines is 1. The third-order valence-corrected chi connectivity index (χ3v) is 7.90. The second-order valence-corrected chi connectivity index (χ2v) is 10.1. The number of ketones is 2. The number of nitrogens with one attached hydrogen (secondary N) is 1. The number of aliphatic hydroxyl groups excluding tert-OH is 2. The van der Waals surface area contributed by atoms with Gasteiger partial charge in [-0.3, -0.25) is 19.2 Å². The summed E-state index contributed by atoms with van der Waals surface area (Å²) < 4.78 is 1.53. The third-order valence-electron chi connectivity index (χ3n) is 7.90. The molecule has 1 amide bonds. The Hall–Kier alpha value is -4.42. The number of amides is 1. The summed E-state index contributed by atoms with van der Waals surface area (Å²) in [6, 6.07) is 5.31. The second-order valence-electron chi connectivity index (χ2n) is 10.1. The van der Waals surface area contributed by atoms with E-state index < -0.39 is 52.0 Å². The van der Waals surface area contributed by atoms with Gasteiger partial charge in [0.15, 0.2) is 11.4 Å². The Morgan fingerprint density at radius 2 is 1.72 bits per heavy atom. The number of carbonyl (C=O) groups is 3. The van der Waals surface area contributed by atoms with E-state index in [0.29, 0.717) is 23.4 Å². The molecule has 1 unspecified atom stereocenters. The number of rotatable bonds is 6. The average molecular weight is 598 g/mol. The van der Waals surface area contributed by atoms with Crippen LogP contribution in [0.5, 0.6) is 5.75 Å². The van der Waals surface area contributed by atoms with Gasteiger partial charge in [-0.05, 0) is 36.0 Å². The Bertz CT molecular complexity index is 1480. The predicted molar refractivity (Wildman–Crippen MR) is 158 cm³/mol. The van der Waals surface area contributed by atoms with E-state index >= 15 is 0 Å². The van der Waals surface area contributed by atoms with E-state index in [2.05, 4.69) is 5.32 Å². The van der Waals surface area contributed by atoms with E-state index in [1.807, 2.05) is 39.8 Å². The molecule has 9 N–H and O–H groups in total. The molecule has 0 bridgehead atoms. The number of nitrogen functional groups attached to an aromatic ring is 1. The Morgan fingerprint density at radius 3 is 2.30 bits per heavy atom. The number of primary amides is 1. The highest BCUT2D eigenvalue weighted by Gasteiger charge is 2.60. The molecule has 1 aromatic carbocycles. The van der Waals surface area contributed by atoms with Crippen LogP contribution in [0.25, 0.3) is 5.76 Å². The molecule has 43 heavy (non-hydrogen) atoms. The maximum atomic E-state index is 13.6. The van der Waals surface area contributed by atoms with Gasteiger partial charge in [0, 0.05) is 59.1 Å². The Morgan fingerprint density at radius 1 is 1.09 bits per heavy atom. The van der Waals surface area contributed by atoms with Crippen molar-refractivity contribution in [2.45, 2.75) is 65.6 Å². The van der Waals surface area contributed by atoms with E-state index in [9.17, 15) is 34.8 Å². The first-order valence-electron chi connectivity index (χ1n) is 14.3. The zero-order valence-corrected chi connectivity index (χ0v) is 25.1. The summed E-state index contributed by atoms with van der Waals surface area (Å²) in [4.78, 5) is 42.9. The number of phenols is 1. The first kappa shape index (κ1) is 33.1. The topological polar surface area (TPSA) is 209 Å². The lowest BCUT2D eigenvalue weighted by Crippen LogP contribution is -2.58. The number of fused-ring (bicyclic) bond motifs is 3. The fourth-order valence-electron chi connectivity index (χ4n) is 5.94. The van der Waals surface area contributed by atoms with Gasteiger partial charge in [0.05, 0.1) is 5.56 Å². The number of carbonyl (C=O) groups excluding carboxylic acids is 3. The van der Waals surface area contributed by atoms with Crippen LogP contribution >= 0.6 is 0 Å². The molecule has 5 rings (SSSR count).